The lowest BCUT2D eigenvalue weighted by molar-refractivity contribution is -0.141. The smallest absolute Gasteiger partial charge is 0.363 e. The standard InChI is InChI=1S/C12H14F3N5O/c1-4-5-16-10(21)7-17-11-18-8(12(13,14)15)6-9(19-11)20(2)3/h1,6H,5,7H2,2-3H3,(H,16,21)(H,17,18,19). The van der Waals surface area contributed by atoms with Crippen molar-refractivity contribution in [3.05, 3.63) is 11.8 Å². The van der Waals surface area contributed by atoms with Crippen molar-refractivity contribution in [1.82, 2.24) is 15.3 Å². The molecule has 0 aliphatic heterocycles. The Labute approximate surface area is 119 Å². The normalized spacial score (nSPS) is 10.7. The molecule has 1 aromatic heterocycles. The molecular weight excluding hydrogens is 287 g/mol. The maximum Gasteiger partial charge on any atom is 0.433 e. The highest BCUT2D eigenvalue weighted by Gasteiger charge is 2.34. The lowest BCUT2D eigenvalue weighted by Crippen LogP contribution is -2.30. The van der Waals surface area contributed by atoms with Gasteiger partial charge in [0.05, 0.1) is 13.1 Å². The molecule has 1 rings (SSSR count). The third-order valence-electron chi connectivity index (χ3n) is 2.26. The second-order valence-corrected chi connectivity index (χ2v) is 4.16. The van der Waals surface area contributed by atoms with Crippen LogP contribution >= 0.6 is 0 Å². The second kappa shape index (κ2) is 6.78. The molecule has 0 aliphatic carbocycles. The largest absolute Gasteiger partial charge is 0.433 e. The van der Waals surface area contributed by atoms with Crippen molar-refractivity contribution in [1.29, 1.82) is 0 Å². The average Bonchev–Trinajstić information content (AvgIpc) is 2.41. The van der Waals surface area contributed by atoms with Crippen LogP contribution in [0.15, 0.2) is 6.07 Å². The van der Waals surface area contributed by atoms with E-state index in [0.717, 1.165) is 6.07 Å². The van der Waals surface area contributed by atoms with Crippen LogP contribution in [0.1, 0.15) is 5.69 Å². The van der Waals surface area contributed by atoms with E-state index in [1.807, 2.05) is 0 Å². The van der Waals surface area contributed by atoms with Crippen molar-refractivity contribution in [3.63, 3.8) is 0 Å². The number of anilines is 2. The fourth-order valence-electron chi connectivity index (χ4n) is 1.26. The molecule has 1 heterocycles. The van der Waals surface area contributed by atoms with Gasteiger partial charge in [-0.3, -0.25) is 4.79 Å². The van der Waals surface area contributed by atoms with Crippen LogP contribution in [0.4, 0.5) is 24.9 Å². The summed E-state index contributed by atoms with van der Waals surface area (Å²) in [6, 6.07) is 0.823. The van der Waals surface area contributed by atoms with Crippen molar-refractivity contribution in [2.24, 2.45) is 0 Å². The Kier molecular flexibility index (Phi) is 5.35. The summed E-state index contributed by atoms with van der Waals surface area (Å²) in [5.41, 5.74) is -1.09. The summed E-state index contributed by atoms with van der Waals surface area (Å²) in [5.74, 6) is 1.52. The Morgan fingerprint density at radius 1 is 1.43 bits per heavy atom. The zero-order valence-electron chi connectivity index (χ0n) is 11.5. The van der Waals surface area contributed by atoms with Gasteiger partial charge in [0.25, 0.3) is 0 Å². The van der Waals surface area contributed by atoms with Gasteiger partial charge in [-0.05, 0) is 0 Å². The number of carbonyl (C=O) groups is 1. The quantitative estimate of drug-likeness (QED) is 0.784. The molecule has 0 saturated carbocycles. The van der Waals surface area contributed by atoms with Crippen LogP contribution in [0, 0.1) is 12.3 Å². The summed E-state index contributed by atoms with van der Waals surface area (Å²) in [5, 5.41) is 4.79. The predicted octanol–water partition coefficient (Wildman–Crippen LogP) is 0.723. The molecule has 114 valence electrons. The molecule has 0 atom stereocenters. The van der Waals surface area contributed by atoms with Crippen molar-refractivity contribution < 1.29 is 18.0 Å². The van der Waals surface area contributed by atoms with Gasteiger partial charge in [-0.2, -0.15) is 18.2 Å². The number of terminal acetylenes is 1. The van der Waals surface area contributed by atoms with E-state index in [1.165, 1.54) is 4.90 Å². The van der Waals surface area contributed by atoms with Crippen LogP contribution in [-0.4, -0.2) is 43.1 Å². The molecule has 0 spiro atoms. The fourth-order valence-corrected chi connectivity index (χ4v) is 1.26. The van der Waals surface area contributed by atoms with E-state index >= 15 is 0 Å². The van der Waals surface area contributed by atoms with Gasteiger partial charge >= 0.3 is 6.18 Å². The molecule has 2 N–H and O–H groups in total. The molecule has 0 aliphatic rings. The Bertz CT molecular complexity index is 551. The molecule has 6 nitrogen and oxygen atoms in total. The third kappa shape index (κ3) is 5.18. The summed E-state index contributed by atoms with van der Waals surface area (Å²) in [4.78, 5) is 19.9. The minimum Gasteiger partial charge on any atom is -0.363 e. The molecule has 0 radical (unpaired) electrons. The summed E-state index contributed by atoms with van der Waals surface area (Å²) in [6.07, 6.45) is 0.363. The second-order valence-electron chi connectivity index (χ2n) is 4.16. The van der Waals surface area contributed by atoms with E-state index < -0.39 is 17.8 Å². The van der Waals surface area contributed by atoms with E-state index in [1.54, 1.807) is 14.1 Å². The number of alkyl halides is 3. The van der Waals surface area contributed by atoms with E-state index in [0.29, 0.717) is 0 Å². The first kappa shape index (κ1) is 16.6. The number of rotatable bonds is 5. The summed E-state index contributed by atoms with van der Waals surface area (Å²) < 4.78 is 38.2. The Morgan fingerprint density at radius 3 is 2.62 bits per heavy atom. The number of aromatic nitrogens is 2. The SMILES string of the molecule is C#CCNC(=O)CNc1nc(N(C)C)cc(C(F)(F)F)n1. The van der Waals surface area contributed by atoms with Gasteiger partial charge in [0.2, 0.25) is 11.9 Å². The van der Waals surface area contributed by atoms with Crippen LogP contribution in [0.5, 0.6) is 0 Å². The zero-order valence-corrected chi connectivity index (χ0v) is 11.5. The Morgan fingerprint density at radius 2 is 2.10 bits per heavy atom. The molecule has 0 saturated heterocycles. The Balaban J connectivity index is 2.89. The van der Waals surface area contributed by atoms with Gasteiger partial charge in [-0.25, -0.2) is 4.98 Å². The molecule has 1 amide bonds. The fraction of sp³-hybridized carbons (Fsp3) is 0.417. The molecule has 0 fully saturated rings. The summed E-state index contributed by atoms with van der Waals surface area (Å²) in [6.45, 7) is -0.247. The number of carbonyl (C=O) groups excluding carboxylic acids is 1. The van der Waals surface area contributed by atoms with Crippen molar-refractivity contribution in [2.75, 3.05) is 37.4 Å². The van der Waals surface area contributed by atoms with Crippen LogP contribution in [0.3, 0.4) is 0 Å². The van der Waals surface area contributed by atoms with E-state index in [4.69, 9.17) is 6.42 Å². The third-order valence-corrected chi connectivity index (χ3v) is 2.26. The molecule has 0 aromatic carbocycles. The van der Waals surface area contributed by atoms with Crippen LogP contribution in [0.25, 0.3) is 0 Å². The number of amides is 1. The molecular formula is C12H14F3N5O. The highest BCUT2D eigenvalue weighted by molar-refractivity contribution is 5.80. The molecule has 21 heavy (non-hydrogen) atoms. The number of halogens is 3. The maximum atomic E-state index is 12.7. The zero-order chi connectivity index (χ0) is 16.0. The highest BCUT2D eigenvalue weighted by atomic mass is 19.4. The van der Waals surface area contributed by atoms with E-state index in [-0.39, 0.29) is 24.9 Å². The Hall–Kier alpha value is -2.50. The monoisotopic (exact) mass is 301 g/mol. The first-order chi connectivity index (χ1) is 9.74. The average molecular weight is 301 g/mol. The van der Waals surface area contributed by atoms with Gasteiger partial charge in [0.15, 0.2) is 5.69 Å². The first-order valence-electron chi connectivity index (χ1n) is 5.81. The van der Waals surface area contributed by atoms with Crippen LogP contribution in [-0.2, 0) is 11.0 Å². The number of nitrogens with zero attached hydrogens (tertiary/aromatic N) is 3. The first-order valence-corrected chi connectivity index (χ1v) is 5.81. The molecule has 1 aromatic rings. The van der Waals surface area contributed by atoms with Crippen LogP contribution in [0.2, 0.25) is 0 Å². The van der Waals surface area contributed by atoms with Gasteiger partial charge in [0, 0.05) is 20.2 Å². The minimum absolute atomic E-state index is 0.0346. The molecule has 0 bridgehead atoms. The van der Waals surface area contributed by atoms with Gasteiger partial charge in [-0.15, -0.1) is 6.42 Å². The lowest BCUT2D eigenvalue weighted by Gasteiger charge is -2.15. The summed E-state index contributed by atoms with van der Waals surface area (Å²) in [7, 11) is 3.10. The minimum atomic E-state index is -4.60. The van der Waals surface area contributed by atoms with Crippen LogP contribution < -0.4 is 15.5 Å². The number of hydrogen-bond acceptors (Lipinski definition) is 5. The van der Waals surface area contributed by atoms with E-state index in [9.17, 15) is 18.0 Å². The summed E-state index contributed by atoms with van der Waals surface area (Å²) >= 11 is 0. The lowest BCUT2D eigenvalue weighted by atomic mass is 10.3. The van der Waals surface area contributed by atoms with Crippen molar-refractivity contribution in [2.45, 2.75) is 6.18 Å². The van der Waals surface area contributed by atoms with Crippen molar-refractivity contribution >= 4 is 17.7 Å². The number of nitrogens with one attached hydrogen (secondary N) is 2. The predicted molar refractivity (Wildman–Crippen MR) is 71.7 cm³/mol. The number of hydrogen-bond donors (Lipinski definition) is 2. The topological polar surface area (TPSA) is 70.2 Å². The van der Waals surface area contributed by atoms with E-state index in [2.05, 4.69) is 26.5 Å². The van der Waals surface area contributed by atoms with Crippen molar-refractivity contribution in [3.8, 4) is 12.3 Å². The maximum absolute atomic E-state index is 12.7. The molecule has 9 heteroatoms. The highest BCUT2D eigenvalue weighted by Crippen LogP contribution is 2.30. The molecule has 0 unspecified atom stereocenters. The van der Waals surface area contributed by atoms with Gasteiger partial charge < -0.3 is 15.5 Å². The van der Waals surface area contributed by atoms with Gasteiger partial charge in [0.1, 0.15) is 5.82 Å². The van der Waals surface area contributed by atoms with Gasteiger partial charge in [-0.1, -0.05) is 5.92 Å².